The summed E-state index contributed by atoms with van der Waals surface area (Å²) in [7, 11) is 0. The van der Waals surface area contributed by atoms with Gasteiger partial charge in [0.25, 0.3) is 0 Å². The third-order valence-corrected chi connectivity index (χ3v) is 3.48. The zero-order valence-corrected chi connectivity index (χ0v) is 10.6. The first-order chi connectivity index (χ1) is 8.29. The van der Waals surface area contributed by atoms with E-state index in [-0.39, 0.29) is 0 Å². The standard InChI is InChI=1S/C13H21N3O/c1-3-17-12-7-8-14-13(16-12)15-9-11-6-4-5-10(11)2/h7-8,10-11H,3-6,9H2,1-2H3,(H,14,15,16). The van der Waals surface area contributed by atoms with Crippen molar-refractivity contribution in [1.82, 2.24) is 9.97 Å². The van der Waals surface area contributed by atoms with Crippen LogP contribution in [0.15, 0.2) is 12.3 Å². The van der Waals surface area contributed by atoms with Crippen LogP contribution < -0.4 is 10.1 Å². The summed E-state index contributed by atoms with van der Waals surface area (Å²) >= 11 is 0. The van der Waals surface area contributed by atoms with Gasteiger partial charge in [-0.25, -0.2) is 4.98 Å². The van der Waals surface area contributed by atoms with Crippen LogP contribution in [0.3, 0.4) is 0 Å². The molecule has 1 aromatic heterocycles. The maximum Gasteiger partial charge on any atom is 0.225 e. The minimum absolute atomic E-state index is 0.635. The number of rotatable bonds is 5. The SMILES string of the molecule is CCOc1ccnc(NCC2CCCC2C)n1. The molecule has 17 heavy (non-hydrogen) atoms. The molecule has 1 aliphatic rings. The van der Waals surface area contributed by atoms with Gasteiger partial charge in [0.15, 0.2) is 0 Å². The quantitative estimate of drug-likeness (QED) is 0.852. The molecule has 2 atom stereocenters. The van der Waals surface area contributed by atoms with Crippen LogP contribution in [0.4, 0.5) is 5.95 Å². The van der Waals surface area contributed by atoms with Gasteiger partial charge >= 0.3 is 0 Å². The second kappa shape index (κ2) is 5.84. The maximum absolute atomic E-state index is 5.35. The first-order valence-corrected chi connectivity index (χ1v) is 6.49. The van der Waals surface area contributed by atoms with E-state index in [1.807, 2.05) is 6.92 Å². The highest BCUT2D eigenvalue weighted by Gasteiger charge is 2.22. The molecule has 0 saturated heterocycles. The average Bonchev–Trinajstić information content (AvgIpc) is 2.73. The van der Waals surface area contributed by atoms with Crippen LogP contribution in [0.5, 0.6) is 5.88 Å². The number of anilines is 1. The summed E-state index contributed by atoms with van der Waals surface area (Å²) in [5, 5.41) is 3.31. The lowest BCUT2D eigenvalue weighted by molar-refractivity contribution is 0.326. The van der Waals surface area contributed by atoms with Crippen LogP contribution in [0.2, 0.25) is 0 Å². The van der Waals surface area contributed by atoms with E-state index in [1.165, 1.54) is 19.3 Å². The lowest BCUT2D eigenvalue weighted by Gasteiger charge is -2.15. The molecule has 2 unspecified atom stereocenters. The Morgan fingerprint density at radius 2 is 2.35 bits per heavy atom. The van der Waals surface area contributed by atoms with Crippen molar-refractivity contribution in [2.75, 3.05) is 18.5 Å². The average molecular weight is 235 g/mol. The zero-order valence-electron chi connectivity index (χ0n) is 10.6. The van der Waals surface area contributed by atoms with Gasteiger partial charge in [-0.05, 0) is 25.2 Å². The van der Waals surface area contributed by atoms with Gasteiger partial charge in [0, 0.05) is 18.8 Å². The molecule has 0 radical (unpaired) electrons. The van der Waals surface area contributed by atoms with E-state index in [0.717, 1.165) is 18.4 Å². The molecular formula is C13H21N3O. The number of hydrogen-bond acceptors (Lipinski definition) is 4. The molecule has 1 fully saturated rings. The monoisotopic (exact) mass is 235 g/mol. The molecule has 2 rings (SSSR count). The second-order valence-corrected chi connectivity index (χ2v) is 4.70. The van der Waals surface area contributed by atoms with Crippen molar-refractivity contribution in [2.24, 2.45) is 11.8 Å². The predicted octanol–water partition coefficient (Wildman–Crippen LogP) is 2.72. The van der Waals surface area contributed by atoms with Gasteiger partial charge in [-0.3, -0.25) is 0 Å². The topological polar surface area (TPSA) is 47.0 Å². The minimum atomic E-state index is 0.635. The van der Waals surface area contributed by atoms with Gasteiger partial charge in [-0.1, -0.05) is 19.8 Å². The molecule has 1 aliphatic carbocycles. The van der Waals surface area contributed by atoms with Gasteiger partial charge in [0.1, 0.15) is 0 Å². The molecular weight excluding hydrogens is 214 g/mol. The smallest absolute Gasteiger partial charge is 0.225 e. The zero-order chi connectivity index (χ0) is 12.1. The van der Waals surface area contributed by atoms with Crippen LogP contribution in [0.1, 0.15) is 33.1 Å². The summed E-state index contributed by atoms with van der Waals surface area (Å²) in [5.41, 5.74) is 0. The molecule has 0 aliphatic heterocycles. The molecule has 1 heterocycles. The Labute approximate surface area is 103 Å². The fourth-order valence-electron chi connectivity index (χ4n) is 2.40. The van der Waals surface area contributed by atoms with Gasteiger partial charge in [-0.2, -0.15) is 4.98 Å². The lowest BCUT2D eigenvalue weighted by Crippen LogP contribution is -2.17. The summed E-state index contributed by atoms with van der Waals surface area (Å²) in [4.78, 5) is 8.51. The van der Waals surface area contributed by atoms with E-state index in [2.05, 4.69) is 22.2 Å². The number of nitrogens with one attached hydrogen (secondary N) is 1. The molecule has 0 amide bonds. The van der Waals surface area contributed by atoms with Crippen LogP contribution in [-0.2, 0) is 0 Å². The first kappa shape index (κ1) is 12.1. The third-order valence-electron chi connectivity index (χ3n) is 3.48. The molecule has 1 N–H and O–H groups in total. The third kappa shape index (κ3) is 3.32. The van der Waals surface area contributed by atoms with E-state index in [1.54, 1.807) is 12.3 Å². The molecule has 0 aromatic carbocycles. The van der Waals surface area contributed by atoms with E-state index in [9.17, 15) is 0 Å². The van der Waals surface area contributed by atoms with Gasteiger partial charge in [-0.15, -0.1) is 0 Å². The highest BCUT2D eigenvalue weighted by atomic mass is 16.5. The Morgan fingerprint density at radius 3 is 3.06 bits per heavy atom. The van der Waals surface area contributed by atoms with Crippen molar-refractivity contribution in [3.8, 4) is 5.88 Å². The number of ether oxygens (including phenoxy) is 1. The van der Waals surface area contributed by atoms with Crippen LogP contribution in [0, 0.1) is 11.8 Å². The Bertz CT molecular complexity index is 356. The van der Waals surface area contributed by atoms with E-state index in [0.29, 0.717) is 18.4 Å². The fourth-order valence-corrected chi connectivity index (χ4v) is 2.40. The number of hydrogen-bond donors (Lipinski definition) is 1. The van der Waals surface area contributed by atoms with E-state index < -0.39 is 0 Å². The lowest BCUT2D eigenvalue weighted by atomic mass is 9.98. The summed E-state index contributed by atoms with van der Waals surface area (Å²) < 4.78 is 5.35. The van der Waals surface area contributed by atoms with Crippen molar-refractivity contribution >= 4 is 5.95 Å². The Kier molecular flexibility index (Phi) is 4.18. The molecule has 94 valence electrons. The molecule has 0 spiro atoms. The van der Waals surface area contributed by atoms with Crippen LogP contribution in [-0.4, -0.2) is 23.1 Å². The summed E-state index contributed by atoms with van der Waals surface area (Å²) in [6.07, 6.45) is 5.76. The molecule has 4 nitrogen and oxygen atoms in total. The highest BCUT2D eigenvalue weighted by Crippen LogP contribution is 2.30. The fraction of sp³-hybridized carbons (Fsp3) is 0.692. The van der Waals surface area contributed by atoms with Crippen LogP contribution in [0.25, 0.3) is 0 Å². The summed E-state index contributed by atoms with van der Waals surface area (Å²) in [5.74, 6) is 2.89. The van der Waals surface area contributed by atoms with Gasteiger partial charge in [0.05, 0.1) is 6.61 Å². The molecule has 4 heteroatoms. The highest BCUT2D eigenvalue weighted by molar-refractivity contribution is 5.27. The van der Waals surface area contributed by atoms with E-state index in [4.69, 9.17) is 4.74 Å². The molecule has 1 aromatic rings. The molecule has 0 bridgehead atoms. The number of aromatic nitrogens is 2. The minimum Gasteiger partial charge on any atom is -0.478 e. The van der Waals surface area contributed by atoms with Gasteiger partial charge in [0.2, 0.25) is 11.8 Å². The maximum atomic E-state index is 5.35. The largest absolute Gasteiger partial charge is 0.478 e. The predicted molar refractivity (Wildman–Crippen MR) is 68.2 cm³/mol. The van der Waals surface area contributed by atoms with Gasteiger partial charge < -0.3 is 10.1 Å². The van der Waals surface area contributed by atoms with Crippen molar-refractivity contribution in [3.63, 3.8) is 0 Å². The first-order valence-electron chi connectivity index (χ1n) is 6.49. The molecule has 1 saturated carbocycles. The second-order valence-electron chi connectivity index (χ2n) is 4.70. The van der Waals surface area contributed by atoms with Crippen molar-refractivity contribution < 1.29 is 4.74 Å². The Hall–Kier alpha value is -1.32. The Balaban J connectivity index is 1.87. The normalized spacial score (nSPS) is 23.6. The van der Waals surface area contributed by atoms with Crippen molar-refractivity contribution in [3.05, 3.63) is 12.3 Å². The Morgan fingerprint density at radius 1 is 1.47 bits per heavy atom. The van der Waals surface area contributed by atoms with E-state index >= 15 is 0 Å². The summed E-state index contributed by atoms with van der Waals surface area (Å²) in [6, 6.07) is 1.78. The van der Waals surface area contributed by atoms with Crippen LogP contribution >= 0.6 is 0 Å². The van der Waals surface area contributed by atoms with Crippen molar-refractivity contribution in [2.45, 2.75) is 33.1 Å². The van der Waals surface area contributed by atoms with Crippen molar-refractivity contribution in [1.29, 1.82) is 0 Å². The summed E-state index contributed by atoms with van der Waals surface area (Å²) in [6.45, 7) is 5.89. The number of nitrogens with zero attached hydrogens (tertiary/aromatic N) is 2.